The molecule has 1 aliphatic rings. The molecule has 1 aliphatic carbocycles. The second kappa shape index (κ2) is 11.5. The van der Waals surface area contributed by atoms with Crippen LogP contribution < -0.4 is 24.8 Å². The molecule has 0 radical (unpaired) electrons. The maximum atomic E-state index is 5.54. The molecule has 7 heteroatoms. The summed E-state index contributed by atoms with van der Waals surface area (Å²) in [6, 6.07) is 3.92. The third-order valence-electron chi connectivity index (χ3n) is 5.49. The molecule has 0 amide bonds. The van der Waals surface area contributed by atoms with Crippen LogP contribution in [0.25, 0.3) is 0 Å². The van der Waals surface area contributed by atoms with E-state index in [0.29, 0.717) is 16.9 Å². The summed E-state index contributed by atoms with van der Waals surface area (Å²) in [6.07, 6.45) is 6.00. The minimum absolute atomic E-state index is 0. The van der Waals surface area contributed by atoms with Crippen molar-refractivity contribution in [2.75, 3.05) is 41.5 Å². The molecular formula is C20H34IN3O3. The van der Waals surface area contributed by atoms with E-state index in [2.05, 4.69) is 22.5 Å². The lowest BCUT2D eigenvalue weighted by Gasteiger charge is -2.41. The molecule has 0 spiro atoms. The van der Waals surface area contributed by atoms with Gasteiger partial charge < -0.3 is 24.8 Å². The van der Waals surface area contributed by atoms with Crippen molar-refractivity contribution in [2.45, 2.75) is 39.0 Å². The highest BCUT2D eigenvalue weighted by molar-refractivity contribution is 14.0. The van der Waals surface area contributed by atoms with E-state index in [4.69, 9.17) is 14.2 Å². The normalized spacial score (nSPS) is 15.2. The molecule has 27 heavy (non-hydrogen) atoms. The highest BCUT2D eigenvalue weighted by Crippen LogP contribution is 2.43. The summed E-state index contributed by atoms with van der Waals surface area (Å²) in [4.78, 5) is 4.34. The molecule has 0 bridgehead atoms. The Hall–Kier alpha value is -1.38. The summed E-state index contributed by atoms with van der Waals surface area (Å²) in [7, 11) is 6.71. The molecule has 0 atom stereocenters. The van der Waals surface area contributed by atoms with Gasteiger partial charge in [0, 0.05) is 25.7 Å². The van der Waals surface area contributed by atoms with E-state index in [-0.39, 0.29) is 24.0 Å². The van der Waals surface area contributed by atoms with Gasteiger partial charge in [-0.15, -0.1) is 24.0 Å². The van der Waals surface area contributed by atoms with Crippen LogP contribution in [0.15, 0.2) is 17.1 Å². The third-order valence-corrected chi connectivity index (χ3v) is 5.49. The van der Waals surface area contributed by atoms with Gasteiger partial charge in [0.15, 0.2) is 17.5 Å². The summed E-state index contributed by atoms with van der Waals surface area (Å²) >= 11 is 0. The lowest BCUT2D eigenvalue weighted by atomic mass is 9.67. The predicted octanol–water partition coefficient (Wildman–Crippen LogP) is 3.62. The topological polar surface area (TPSA) is 64.1 Å². The number of aliphatic imine (C=N–C) groups is 1. The molecule has 0 heterocycles. The zero-order valence-corrected chi connectivity index (χ0v) is 19.5. The van der Waals surface area contributed by atoms with Crippen LogP contribution in [0, 0.1) is 5.41 Å². The Morgan fingerprint density at radius 1 is 1.07 bits per heavy atom. The maximum absolute atomic E-state index is 5.54. The van der Waals surface area contributed by atoms with E-state index in [1.54, 1.807) is 21.3 Å². The highest BCUT2D eigenvalue weighted by Gasteiger charge is 2.34. The number of hydrogen-bond acceptors (Lipinski definition) is 4. The third kappa shape index (κ3) is 5.80. The van der Waals surface area contributed by atoms with E-state index in [0.717, 1.165) is 36.8 Å². The van der Waals surface area contributed by atoms with Crippen molar-refractivity contribution < 1.29 is 14.2 Å². The molecule has 2 N–H and O–H groups in total. The van der Waals surface area contributed by atoms with Crippen LogP contribution in [0.3, 0.4) is 0 Å². The average Bonchev–Trinajstić information content (AvgIpc) is 2.65. The maximum Gasteiger partial charge on any atom is 0.203 e. The molecule has 0 unspecified atom stereocenters. The largest absolute Gasteiger partial charge is 0.493 e. The molecule has 0 saturated heterocycles. The summed E-state index contributed by atoms with van der Waals surface area (Å²) in [5.41, 5.74) is 1.53. The summed E-state index contributed by atoms with van der Waals surface area (Å²) in [5.74, 6) is 2.87. The van der Waals surface area contributed by atoms with Crippen LogP contribution in [0.4, 0.5) is 0 Å². The van der Waals surface area contributed by atoms with Crippen molar-refractivity contribution >= 4 is 29.9 Å². The molecule has 6 nitrogen and oxygen atoms in total. The van der Waals surface area contributed by atoms with Gasteiger partial charge in [-0.05, 0) is 37.2 Å². The van der Waals surface area contributed by atoms with Crippen molar-refractivity contribution in [1.29, 1.82) is 0 Å². The number of hydrogen-bond donors (Lipinski definition) is 2. The molecule has 1 aromatic rings. The zero-order chi connectivity index (χ0) is 19.0. The quantitative estimate of drug-likeness (QED) is 0.314. The molecule has 0 aliphatic heterocycles. The summed E-state index contributed by atoms with van der Waals surface area (Å²) in [5, 5.41) is 6.87. The second-order valence-corrected chi connectivity index (χ2v) is 6.80. The Labute approximate surface area is 180 Å². The van der Waals surface area contributed by atoms with Gasteiger partial charge in [-0.1, -0.05) is 19.4 Å². The van der Waals surface area contributed by atoms with Crippen molar-refractivity contribution in [2.24, 2.45) is 10.4 Å². The zero-order valence-electron chi connectivity index (χ0n) is 17.2. The van der Waals surface area contributed by atoms with Crippen LogP contribution in [0.1, 0.15) is 38.2 Å². The first-order chi connectivity index (χ1) is 12.6. The molecule has 0 aromatic heterocycles. The number of nitrogens with zero attached hydrogens (tertiary/aromatic N) is 1. The molecule has 2 rings (SSSR count). The van der Waals surface area contributed by atoms with Gasteiger partial charge in [-0.3, -0.25) is 4.99 Å². The summed E-state index contributed by atoms with van der Waals surface area (Å²) in [6.45, 7) is 4.02. The minimum Gasteiger partial charge on any atom is -0.493 e. The fourth-order valence-corrected chi connectivity index (χ4v) is 3.50. The van der Waals surface area contributed by atoms with E-state index in [1.165, 1.54) is 25.7 Å². The fraction of sp³-hybridized carbons (Fsp3) is 0.650. The van der Waals surface area contributed by atoms with Gasteiger partial charge >= 0.3 is 0 Å². The highest BCUT2D eigenvalue weighted by atomic mass is 127. The van der Waals surface area contributed by atoms with Gasteiger partial charge in [0.2, 0.25) is 5.75 Å². The van der Waals surface area contributed by atoms with Crippen LogP contribution in [0.5, 0.6) is 17.2 Å². The van der Waals surface area contributed by atoms with E-state index in [1.807, 2.05) is 19.2 Å². The van der Waals surface area contributed by atoms with Crippen molar-refractivity contribution in [3.63, 3.8) is 0 Å². The molecule has 1 saturated carbocycles. The smallest absolute Gasteiger partial charge is 0.203 e. The molecular weight excluding hydrogens is 457 g/mol. The van der Waals surface area contributed by atoms with Gasteiger partial charge in [0.05, 0.1) is 21.3 Å². The Balaban J connectivity index is 0.00000364. The predicted molar refractivity (Wildman–Crippen MR) is 121 cm³/mol. The van der Waals surface area contributed by atoms with Crippen molar-refractivity contribution in [1.82, 2.24) is 10.6 Å². The van der Waals surface area contributed by atoms with E-state index >= 15 is 0 Å². The standard InChI is InChI=1S/C20H33N3O3.HI/c1-6-20(11-7-12-20)14-23-19(21-2)22-13-10-15-8-9-16(24-3)18(26-5)17(15)25-4;/h8-9H,6-7,10-14H2,1-5H3,(H2,21,22,23);1H. The van der Waals surface area contributed by atoms with Crippen LogP contribution in [-0.4, -0.2) is 47.4 Å². The number of methoxy groups -OCH3 is 3. The molecule has 154 valence electrons. The van der Waals surface area contributed by atoms with Crippen LogP contribution in [-0.2, 0) is 6.42 Å². The average molecular weight is 491 g/mol. The molecule has 1 fully saturated rings. The lowest BCUT2D eigenvalue weighted by Crippen LogP contribution is -2.46. The first kappa shape index (κ1) is 23.7. The lowest BCUT2D eigenvalue weighted by molar-refractivity contribution is 0.131. The van der Waals surface area contributed by atoms with Gasteiger partial charge in [-0.25, -0.2) is 0 Å². The number of rotatable bonds is 9. The number of guanidine groups is 1. The Kier molecular flexibility index (Phi) is 10.0. The van der Waals surface area contributed by atoms with Gasteiger partial charge in [0.25, 0.3) is 0 Å². The number of nitrogens with one attached hydrogen (secondary N) is 2. The fourth-order valence-electron chi connectivity index (χ4n) is 3.50. The second-order valence-electron chi connectivity index (χ2n) is 6.80. The number of benzene rings is 1. The van der Waals surface area contributed by atoms with Crippen molar-refractivity contribution in [3.8, 4) is 17.2 Å². The van der Waals surface area contributed by atoms with E-state index < -0.39 is 0 Å². The van der Waals surface area contributed by atoms with Crippen molar-refractivity contribution in [3.05, 3.63) is 17.7 Å². The Morgan fingerprint density at radius 2 is 1.78 bits per heavy atom. The summed E-state index contributed by atoms with van der Waals surface area (Å²) < 4.78 is 16.3. The minimum atomic E-state index is 0. The first-order valence-electron chi connectivity index (χ1n) is 9.35. The number of ether oxygens (including phenoxy) is 3. The first-order valence-corrected chi connectivity index (χ1v) is 9.35. The number of halogens is 1. The van der Waals surface area contributed by atoms with Gasteiger partial charge in [0.1, 0.15) is 0 Å². The molecule has 1 aromatic carbocycles. The van der Waals surface area contributed by atoms with Crippen LogP contribution in [0.2, 0.25) is 0 Å². The Bertz CT molecular complexity index is 613. The van der Waals surface area contributed by atoms with E-state index in [9.17, 15) is 0 Å². The monoisotopic (exact) mass is 491 g/mol. The van der Waals surface area contributed by atoms with Gasteiger partial charge in [-0.2, -0.15) is 0 Å². The Morgan fingerprint density at radius 3 is 2.26 bits per heavy atom. The van der Waals surface area contributed by atoms with Crippen LogP contribution >= 0.6 is 24.0 Å². The SMILES string of the molecule is CCC1(CNC(=NC)NCCc2ccc(OC)c(OC)c2OC)CCC1.I.